The molecule has 0 spiro atoms. The van der Waals surface area contributed by atoms with Crippen LogP contribution in [0.15, 0.2) is 4.79 Å². The summed E-state index contributed by atoms with van der Waals surface area (Å²) in [7, 11) is 0. The Kier molecular flexibility index (Phi) is 4.16. The van der Waals surface area contributed by atoms with E-state index in [0.717, 1.165) is 17.4 Å². The summed E-state index contributed by atoms with van der Waals surface area (Å²) in [5, 5.41) is 0. The highest BCUT2D eigenvalue weighted by Crippen LogP contribution is 2.29. The van der Waals surface area contributed by atoms with Crippen molar-refractivity contribution < 1.29 is 13.2 Å². The lowest BCUT2D eigenvalue weighted by Gasteiger charge is -2.07. The standard InChI is InChI=1S/C11H15F3N6O/c1-2-3-4-5-20-8-6(7(19-15)17-10(20)21)16-9(18-8)11(12,13)14/h2-5,15H2,1H3,(H,16,18)(H,17,19,21). The van der Waals surface area contributed by atoms with Crippen LogP contribution in [0.5, 0.6) is 0 Å². The Morgan fingerprint density at radius 2 is 2.05 bits per heavy atom. The normalized spacial score (nSPS) is 12.0. The number of nitrogens with zero attached hydrogens (tertiary/aromatic N) is 3. The lowest BCUT2D eigenvalue weighted by molar-refractivity contribution is -0.144. The zero-order valence-corrected chi connectivity index (χ0v) is 11.3. The number of alkyl halides is 3. The molecule has 0 unspecified atom stereocenters. The van der Waals surface area contributed by atoms with Crippen LogP contribution in [0.25, 0.3) is 11.2 Å². The number of nitrogens with two attached hydrogens (primary N) is 1. The number of nitrogens with one attached hydrogen (secondary N) is 2. The van der Waals surface area contributed by atoms with Gasteiger partial charge in [-0.25, -0.2) is 15.6 Å². The van der Waals surface area contributed by atoms with Crippen LogP contribution < -0.4 is 17.0 Å². The van der Waals surface area contributed by atoms with Crippen molar-refractivity contribution in [3.8, 4) is 0 Å². The van der Waals surface area contributed by atoms with E-state index in [2.05, 4.69) is 20.4 Å². The number of hydrogen-bond acceptors (Lipinski definition) is 5. The van der Waals surface area contributed by atoms with Gasteiger partial charge in [0.2, 0.25) is 5.82 Å². The molecule has 116 valence electrons. The highest BCUT2D eigenvalue weighted by molar-refractivity contribution is 5.82. The van der Waals surface area contributed by atoms with Crippen molar-refractivity contribution in [3.63, 3.8) is 0 Å². The molecule has 2 aromatic rings. The average Bonchev–Trinajstić information content (AvgIpc) is 2.85. The van der Waals surface area contributed by atoms with E-state index in [9.17, 15) is 18.0 Å². The molecular weight excluding hydrogens is 289 g/mol. The molecular formula is C11H15F3N6O. The van der Waals surface area contributed by atoms with E-state index in [0.29, 0.717) is 6.42 Å². The topological polar surface area (TPSA) is 102 Å². The van der Waals surface area contributed by atoms with Gasteiger partial charge in [0, 0.05) is 6.54 Å². The number of aromatic nitrogens is 4. The average molecular weight is 304 g/mol. The molecule has 0 saturated carbocycles. The summed E-state index contributed by atoms with van der Waals surface area (Å²) in [4.78, 5) is 21.1. The number of hydrogen-bond donors (Lipinski definition) is 3. The van der Waals surface area contributed by atoms with Gasteiger partial charge in [-0.3, -0.25) is 4.57 Å². The summed E-state index contributed by atoms with van der Waals surface area (Å²) < 4.78 is 39.4. The Hall–Kier alpha value is -2.10. The molecule has 4 N–H and O–H groups in total. The number of hydrazine groups is 1. The second-order valence-corrected chi connectivity index (χ2v) is 4.53. The van der Waals surface area contributed by atoms with E-state index in [1.807, 2.05) is 6.92 Å². The van der Waals surface area contributed by atoms with Crippen LogP contribution in [0.2, 0.25) is 0 Å². The van der Waals surface area contributed by atoms with Crippen LogP contribution in [-0.4, -0.2) is 19.5 Å². The summed E-state index contributed by atoms with van der Waals surface area (Å²) in [6, 6.07) is 0. The molecule has 21 heavy (non-hydrogen) atoms. The van der Waals surface area contributed by atoms with Crippen LogP contribution in [0.3, 0.4) is 0 Å². The molecule has 2 aromatic heterocycles. The summed E-state index contributed by atoms with van der Waals surface area (Å²) >= 11 is 0. The lowest BCUT2D eigenvalue weighted by Crippen LogP contribution is -2.26. The number of anilines is 1. The number of unbranched alkanes of at least 4 members (excludes halogenated alkanes) is 2. The maximum atomic E-state index is 12.7. The summed E-state index contributed by atoms with van der Waals surface area (Å²) in [5.74, 6) is 3.83. The van der Waals surface area contributed by atoms with Gasteiger partial charge in [0.1, 0.15) is 5.52 Å². The third kappa shape index (κ3) is 2.99. The van der Waals surface area contributed by atoms with Gasteiger partial charge in [-0.1, -0.05) is 19.8 Å². The van der Waals surface area contributed by atoms with Crippen molar-refractivity contribution in [1.29, 1.82) is 0 Å². The Balaban J connectivity index is 2.59. The number of aromatic amines is 1. The molecule has 2 rings (SSSR count). The largest absolute Gasteiger partial charge is 0.449 e. The second kappa shape index (κ2) is 5.72. The first-order chi connectivity index (χ1) is 9.88. The molecule has 7 nitrogen and oxygen atoms in total. The number of nitrogen functional groups attached to an aromatic ring is 1. The van der Waals surface area contributed by atoms with Crippen LogP contribution >= 0.6 is 0 Å². The molecule has 0 bridgehead atoms. The van der Waals surface area contributed by atoms with Gasteiger partial charge in [-0.05, 0) is 6.42 Å². The van der Waals surface area contributed by atoms with Crippen LogP contribution in [0.1, 0.15) is 32.0 Å². The molecule has 0 fully saturated rings. The van der Waals surface area contributed by atoms with Crippen molar-refractivity contribution in [2.75, 3.05) is 5.43 Å². The van der Waals surface area contributed by atoms with E-state index < -0.39 is 17.7 Å². The zero-order chi connectivity index (χ0) is 15.6. The van der Waals surface area contributed by atoms with Gasteiger partial charge in [0.15, 0.2) is 11.5 Å². The first-order valence-electron chi connectivity index (χ1n) is 6.42. The van der Waals surface area contributed by atoms with Gasteiger partial charge in [-0.15, -0.1) is 0 Å². The maximum Gasteiger partial charge on any atom is 0.449 e. The lowest BCUT2D eigenvalue weighted by atomic mass is 10.2. The third-order valence-electron chi connectivity index (χ3n) is 3.01. The third-order valence-corrected chi connectivity index (χ3v) is 3.01. The van der Waals surface area contributed by atoms with Crippen LogP contribution in [0, 0.1) is 0 Å². The number of rotatable bonds is 5. The van der Waals surface area contributed by atoms with Gasteiger partial charge >= 0.3 is 11.9 Å². The molecule has 0 radical (unpaired) electrons. The summed E-state index contributed by atoms with van der Waals surface area (Å²) in [6.45, 7) is 2.23. The molecule has 2 heterocycles. The van der Waals surface area contributed by atoms with E-state index >= 15 is 0 Å². The molecule has 0 aliphatic carbocycles. The number of imidazole rings is 1. The van der Waals surface area contributed by atoms with Gasteiger partial charge in [0.25, 0.3) is 0 Å². The fourth-order valence-corrected chi connectivity index (χ4v) is 1.99. The van der Waals surface area contributed by atoms with Gasteiger partial charge in [0.05, 0.1) is 0 Å². The highest BCUT2D eigenvalue weighted by Gasteiger charge is 2.35. The first-order valence-corrected chi connectivity index (χ1v) is 6.42. The zero-order valence-electron chi connectivity index (χ0n) is 11.3. The van der Waals surface area contributed by atoms with Gasteiger partial charge in [-0.2, -0.15) is 18.2 Å². The van der Waals surface area contributed by atoms with Crippen molar-refractivity contribution in [2.24, 2.45) is 5.84 Å². The van der Waals surface area contributed by atoms with Crippen LogP contribution in [0.4, 0.5) is 19.0 Å². The minimum atomic E-state index is -4.64. The summed E-state index contributed by atoms with van der Waals surface area (Å²) in [5.41, 5.74) is 1.27. The van der Waals surface area contributed by atoms with Crippen molar-refractivity contribution in [1.82, 2.24) is 19.5 Å². The van der Waals surface area contributed by atoms with Crippen molar-refractivity contribution in [3.05, 3.63) is 16.3 Å². The Bertz CT molecular complexity index is 690. The Labute approximate surface area is 117 Å². The Morgan fingerprint density at radius 1 is 1.33 bits per heavy atom. The Morgan fingerprint density at radius 3 is 2.62 bits per heavy atom. The number of aryl methyl sites for hydroxylation is 1. The molecule has 0 amide bonds. The monoisotopic (exact) mass is 304 g/mol. The van der Waals surface area contributed by atoms with E-state index in [1.165, 1.54) is 0 Å². The van der Waals surface area contributed by atoms with E-state index in [4.69, 9.17) is 5.84 Å². The fraction of sp³-hybridized carbons (Fsp3) is 0.545. The van der Waals surface area contributed by atoms with E-state index in [-0.39, 0.29) is 23.5 Å². The quantitative estimate of drug-likeness (QED) is 0.442. The molecule has 0 aromatic carbocycles. The van der Waals surface area contributed by atoms with Crippen molar-refractivity contribution >= 4 is 17.0 Å². The fourth-order valence-electron chi connectivity index (χ4n) is 1.99. The predicted molar refractivity (Wildman–Crippen MR) is 70.5 cm³/mol. The van der Waals surface area contributed by atoms with E-state index in [1.54, 1.807) is 0 Å². The molecule has 0 aliphatic heterocycles. The molecule has 10 heteroatoms. The summed E-state index contributed by atoms with van der Waals surface area (Å²) in [6.07, 6.45) is -2.23. The molecule has 0 atom stereocenters. The van der Waals surface area contributed by atoms with Crippen LogP contribution in [-0.2, 0) is 12.7 Å². The second-order valence-electron chi connectivity index (χ2n) is 4.53. The SMILES string of the molecule is CCCCCn1c(=O)nc(NN)c2[nH]c(C(F)(F)F)nc21. The molecule has 0 aliphatic rings. The smallest absolute Gasteiger partial charge is 0.330 e. The maximum absolute atomic E-state index is 12.7. The predicted octanol–water partition coefficient (Wildman–Crippen LogP) is 1.61. The van der Waals surface area contributed by atoms with Crippen molar-refractivity contribution in [2.45, 2.75) is 38.9 Å². The molecule has 0 saturated heterocycles. The van der Waals surface area contributed by atoms with Gasteiger partial charge < -0.3 is 10.4 Å². The number of H-pyrrole nitrogens is 1. The first kappa shape index (κ1) is 15.3. The number of halogens is 3. The number of fused-ring (bicyclic) bond motifs is 1. The minimum absolute atomic E-state index is 0.0408. The highest BCUT2D eigenvalue weighted by atomic mass is 19.4. The minimum Gasteiger partial charge on any atom is -0.330 e.